The molecule has 5 heteroatoms. The fourth-order valence-electron chi connectivity index (χ4n) is 8.09. The molecule has 5 aliphatic rings. The molecule has 4 saturated carbocycles. The Balaban J connectivity index is 1.25. The van der Waals surface area contributed by atoms with Crippen LogP contribution in [0.3, 0.4) is 0 Å². The van der Waals surface area contributed by atoms with E-state index in [9.17, 15) is 0 Å². The van der Waals surface area contributed by atoms with Crippen LogP contribution in [0.4, 0.5) is 0 Å². The van der Waals surface area contributed by atoms with Gasteiger partial charge in [-0.05, 0) is 91.4 Å². The topological polar surface area (TPSA) is 43.3 Å². The lowest BCUT2D eigenvalue weighted by atomic mass is 9.63. The van der Waals surface area contributed by atoms with Crippen LogP contribution in [-0.4, -0.2) is 91.2 Å². The van der Waals surface area contributed by atoms with Crippen LogP contribution in [0.2, 0.25) is 0 Å². The minimum Gasteiger partial charge on any atom is -0.427 e. The van der Waals surface area contributed by atoms with Gasteiger partial charge in [0.2, 0.25) is 0 Å². The molecule has 0 aromatic carbocycles. The van der Waals surface area contributed by atoms with E-state index in [4.69, 9.17) is 4.74 Å². The first-order valence-corrected chi connectivity index (χ1v) is 13.5. The number of hydrogen-bond acceptors (Lipinski definition) is 4. The molecule has 3 N–H and O–H groups in total. The van der Waals surface area contributed by atoms with Crippen molar-refractivity contribution in [1.82, 2.24) is 20.4 Å². The summed E-state index contributed by atoms with van der Waals surface area (Å²) in [6.07, 6.45) is 17.4. The summed E-state index contributed by atoms with van der Waals surface area (Å²) in [6.45, 7) is 0. The molecule has 31 heavy (non-hydrogen) atoms. The fourth-order valence-corrected chi connectivity index (χ4v) is 8.09. The van der Waals surface area contributed by atoms with Crippen molar-refractivity contribution in [2.45, 2.75) is 126 Å². The third-order valence-electron chi connectivity index (χ3n) is 9.95. The molecule has 4 aliphatic carbocycles. The summed E-state index contributed by atoms with van der Waals surface area (Å²) in [7, 11) is 9.01. The van der Waals surface area contributed by atoms with E-state index in [2.05, 4.69) is 48.6 Å². The molecule has 0 radical (unpaired) electrons. The van der Waals surface area contributed by atoms with E-state index in [-0.39, 0.29) is 0 Å². The predicted octanol–water partition coefficient (Wildman–Crippen LogP) is 2.75. The second-order valence-corrected chi connectivity index (χ2v) is 12.1. The van der Waals surface area contributed by atoms with Gasteiger partial charge in [0.25, 0.3) is 0 Å². The van der Waals surface area contributed by atoms with Crippen molar-refractivity contribution in [2.24, 2.45) is 11.8 Å². The van der Waals surface area contributed by atoms with Crippen molar-refractivity contribution in [2.75, 3.05) is 28.2 Å². The Hall–Kier alpha value is -0.200. The van der Waals surface area contributed by atoms with E-state index in [1.807, 2.05) is 0 Å². The molecule has 178 valence electrons. The van der Waals surface area contributed by atoms with Crippen LogP contribution in [0.5, 0.6) is 0 Å². The summed E-state index contributed by atoms with van der Waals surface area (Å²) in [5, 5.41) is 8.45. The molecule has 0 amide bonds. The van der Waals surface area contributed by atoms with Gasteiger partial charge >= 0.3 is 0 Å². The average molecular weight is 434 g/mol. The number of hydrogen-bond donors (Lipinski definition) is 2. The van der Waals surface area contributed by atoms with Crippen LogP contribution in [0.15, 0.2) is 0 Å². The van der Waals surface area contributed by atoms with Gasteiger partial charge < -0.3 is 19.9 Å². The molecule has 0 bridgehead atoms. The first-order chi connectivity index (χ1) is 15.0. The van der Waals surface area contributed by atoms with E-state index in [1.165, 1.54) is 77.0 Å². The standard InChI is InChI=1S/C26H48N4O/c1-29(2)18-11-9-17(10-12-18)27-23-16-25-26(21-8-6-5-7-20(21)23)28-22-14-13-19(30(3)4)15-24(22)31-25/h17-28H,5-16H2,1-4H3/p+1. The van der Waals surface area contributed by atoms with E-state index < -0.39 is 0 Å². The molecule has 0 spiro atoms. The molecule has 5 nitrogen and oxygen atoms in total. The summed E-state index contributed by atoms with van der Waals surface area (Å²) >= 11 is 0. The SMILES string of the molecule is CN(C)C1CCC(NC2CC3[OH+]C4CC(N(C)C)CCC4NC3C3CCCCC23)CC1. The summed E-state index contributed by atoms with van der Waals surface area (Å²) in [6, 6.07) is 4.24. The van der Waals surface area contributed by atoms with Crippen molar-refractivity contribution in [3.8, 4) is 0 Å². The van der Waals surface area contributed by atoms with Crippen molar-refractivity contribution < 1.29 is 4.74 Å². The van der Waals surface area contributed by atoms with Gasteiger partial charge in [0, 0.05) is 37.0 Å². The summed E-state index contributed by atoms with van der Waals surface area (Å²) < 4.78 is 5.59. The van der Waals surface area contributed by atoms with Crippen LogP contribution in [0.25, 0.3) is 0 Å². The number of nitrogens with zero attached hydrogens (tertiary/aromatic N) is 2. The molecular formula is C26H49N4O+. The number of ether oxygens (including phenoxy) is 1. The third-order valence-corrected chi connectivity index (χ3v) is 9.95. The number of rotatable bonds is 4. The summed E-state index contributed by atoms with van der Waals surface area (Å²) in [5.74, 6) is 1.72. The maximum Gasteiger partial charge on any atom is 0.172 e. The summed E-state index contributed by atoms with van der Waals surface area (Å²) in [4.78, 5) is 4.87. The first-order valence-electron chi connectivity index (χ1n) is 13.5. The van der Waals surface area contributed by atoms with Gasteiger partial charge in [0.1, 0.15) is 0 Å². The van der Waals surface area contributed by atoms with E-state index in [1.54, 1.807) is 0 Å². The van der Waals surface area contributed by atoms with Crippen LogP contribution in [0.1, 0.15) is 77.0 Å². The Labute approximate surface area is 191 Å². The van der Waals surface area contributed by atoms with Crippen molar-refractivity contribution in [3.05, 3.63) is 0 Å². The van der Waals surface area contributed by atoms with E-state index in [0.29, 0.717) is 30.3 Å². The highest BCUT2D eigenvalue weighted by molar-refractivity contribution is 5.06. The van der Waals surface area contributed by atoms with Gasteiger partial charge in [0.15, 0.2) is 12.2 Å². The molecule has 1 heterocycles. The predicted molar refractivity (Wildman–Crippen MR) is 129 cm³/mol. The third kappa shape index (κ3) is 4.73. The highest BCUT2D eigenvalue weighted by Crippen LogP contribution is 2.44. The Morgan fingerprint density at radius 3 is 2.10 bits per heavy atom. The summed E-state index contributed by atoms with van der Waals surface area (Å²) in [5.41, 5.74) is 0. The number of morpholine rings is 1. The van der Waals surface area contributed by atoms with Gasteiger partial charge in [-0.1, -0.05) is 12.8 Å². The Morgan fingerprint density at radius 2 is 1.39 bits per heavy atom. The highest BCUT2D eigenvalue weighted by atomic mass is 16.5. The average Bonchev–Trinajstić information content (AvgIpc) is 2.78. The quantitative estimate of drug-likeness (QED) is 0.669. The van der Waals surface area contributed by atoms with Crippen molar-refractivity contribution in [1.29, 1.82) is 0 Å². The van der Waals surface area contributed by atoms with E-state index in [0.717, 1.165) is 30.0 Å². The molecule has 1 aliphatic heterocycles. The Morgan fingerprint density at radius 1 is 0.710 bits per heavy atom. The monoisotopic (exact) mass is 433 g/mol. The largest absolute Gasteiger partial charge is 0.427 e. The number of aliphatic hydroxyl groups is 2. The van der Waals surface area contributed by atoms with Crippen LogP contribution >= 0.6 is 0 Å². The molecular weight excluding hydrogens is 384 g/mol. The van der Waals surface area contributed by atoms with Crippen LogP contribution in [-0.2, 0) is 0 Å². The van der Waals surface area contributed by atoms with Crippen molar-refractivity contribution in [3.63, 3.8) is 0 Å². The van der Waals surface area contributed by atoms with Gasteiger partial charge in [-0.3, -0.25) is 5.32 Å². The van der Waals surface area contributed by atoms with Gasteiger partial charge in [-0.25, -0.2) is 0 Å². The Bertz CT molecular complexity index is 590. The molecule has 0 aromatic rings. The maximum absolute atomic E-state index is 5.59. The zero-order valence-corrected chi connectivity index (χ0v) is 20.6. The lowest BCUT2D eigenvalue weighted by Gasteiger charge is -2.54. The minimum absolute atomic E-state index is 0.539. The minimum atomic E-state index is 0.539. The Kier molecular flexibility index (Phi) is 6.98. The normalized spacial score (nSPS) is 48.2. The fraction of sp³-hybridized carbons (Fsp3) is 1.00. The zero-order valence-electron chi connectivity index (χ0n) is 20.6. The number of fused-ring (bicyclic) bond motifs is 4. The molecule has 1 saturated heterocycles. The smallest absolute Gasteiger partial charge is 0.172 e. The second kappa shape index (κ2) is 9.58. The first kappa shape index (κ1) is 22.6. The second-order valence-electron chi connectivity index (χ2n) is 12.1. The highest BCUT2D eigenvalue weighted by Gasteiger charge is 2.54. The molecule has 8 atom stereocenters. The molecule has 8 unspecified atom stereocenters. The van der Waals surface area contributed by atoms with Gasteiger partial charge in [0.05, 0.1) is 12.1 Å². The molecule has 5 fully saturated rings. The zero-order chi connectivity index (χ0) is 21.5. The van der Waals surface area contributed by atoms with E-state index >= 15 is 0 Å². The molecule has 5 rings (SSSR count). The van der Waals surface area contributed by atoms with Gasteiger partial charge in [-0.2, -0.15) is 0 Å². The lowest BCUT2D eigenvalue weighted by Crippen LogP contribution is -2.70. The van der Waals surface area contributed by atoms with Crippen LogP contribution in [0, 0.1) is 11.8 Å². The number of nitrogens with one attached hydrogen (secondary N) is 2. The van der Waals surface area contributed by atoms with Crippen molar-refractivity contribution >= 4 is 0 Å². The maximum atomic E-state index is 5.59. The molecule has 0 aromatic heterocycles. The lowest BCUT2D eigenvalue weighted by molar-refractivity contribution is -0.250. The van der Waals surface area contributed by atoms with Crippen LogP contribution < -0.4 is 10.6 Å². The van der Waals surface area contributed by atoms with Gasteiger partial charge in [-0.15, -0.1) is 0 Å².